The fourth-order valence-corrected chi connectivity index (χ4v) is 3.18. The zero-order chi connectivity index (χ0) is 13.4. The van der Waals surface area contributed by atoms with Gasteiger partial charge in [0.25, 0.3) is 5.91 Å². The lowest BCUT2D eigenvalue weighted by Gasteiger charge is -2.17. The molecule has 1 aromatic heterocycles. The van der Waals surface area contributed by atoms with Crippen LogP contribution >= 0.6 is 11.3 Å². The number of benzene rings is 1. The van der Waals surface area contributed by atoms with Crippen LogP contribution in [0, 0.1) is 0 Å². The normalized spacial score (nSPS) is 21.1. The average Bonchev–Trinajstić information content (AvgIpc) is 2.94. The molecule has 0 unspecified atom stereocenters. The number of nitrogen functional groups attached to an aromatic ring is 1. The van der Waals surface area contributed by atoms with Crippen LogP contribution in [-0.4, -0.2) is 17.1 Å². The Hall–Kier alpha value is -1.85. The minimum Gasteiger partial charge on any atom is -0.397 e. The van der Waals surface area contributed by atoms with Crippen LogP contribution in [0.15, 0.2) is 35.7 Å². The minimum atomic E-state index is -0.581. The second kappa shape index (κ2) is 4.68. The summed E-state index contributed by atoms with van der Waals surface area (Å²) in [5, 5.41) is 14.7. The summed E-state index contributed by atoms with van der Waals surface area (Å²) < 4.78 is 0. The van der Waals surface area contributed by atoms with Crippen LogP contribution in [0.5, 0.6) is 0 Å². The van der Waals surface area contributed by atoms with E-state index in [4.69, 9.17) is 5.73 Å². The topological polar surface area (TPSA) is 75.4 Å². The highest BCUT2D eigenvalue weighted by molar-refractivity contribution is 7.12. The molecule has 1 aliphatic rings. The van der Waals surface area contributed by atoms with E-state index < -0.39 is 6.10 Å². The number of anilines is 1. The molecular formula is C14H14N2O2S. The zero-order valence-electron chi connectivity index (χ0n) is 10.2. The molecule has 4 N–H and O–H groups in total. The highest BCUT2D eigenvalue weighted by Crippen LogP contribution is 2.32. The summed E-state index contributed by atoms with van der Waals surface area (Å²) in [5.74, 6) is -0.228. The lowest BCUT2D eigenvalue weighted by Crippen LogP contribution is -2.33. The van der Waals surface area contributed by atoms with Crippen LogP contribution in [-0.2, 0) is 6.42 Å². The second-order valence-electron chi connectivity index (χ2n) is 4.63. The summed E-state index contributed by atoms with van der Waals surface area (Å²) in [7, 11) is 0. The summed E-state index contributed by atoms with van der Waals surface area (Å²) in [4.78, 5) is 12.6. The van der Waals surface area contributed by atoms with Crippen molar-refractivity contribution >= 4 is 22.9 Å². The molecule has 1 heterocycles. The maximum atomic E-state index is 12.1. The number of thiophene rings is 1. The van der Waals surface area contributed by atoms with Gasteiger partial charge >= 0.3 is 0 Å². The van der Waals surface area contributed by atoms with Gasteiger partial charge in [-0.05, 0) is 22.6 Å². The molecule has 0 aliphatic heterocycles. The van der Waals surface area contributed by atoms with E-state index >= 15 is 0 Å². The van der Waals surface area contributed by atoms with Crippen LogP contribution in [0.1, 0.15) is 26.8 Å². The van der Waals surface area contributed by atoms with Gasteiger partial charge in [-0.2, -0.15) is 0 Å². The predicted octanol–water partition coefficient (Wildman–Crippen LogP) is 1.72. The van der Waals surface area contributed by atoms with E-state index in [0.29, 0.717) is 17.0 Å². The van der Waals surface area contributed by atoms with Crippen molar-refractivity contribution in [1.29, 1.82) is 0 Å². The second-order valence-corrected chi connectivity index (χ2v) is 5.54. The summed E-state index contributed by atoms with van der Waals surface area (Å²) in [5.41, 5.74) is 8.27. The van der Waals surface area contributed by atoms with Crippen LogP contribution in [0.4, 0.5) is 5.69 Å². The van der Waals surface area contributed by atoms with E-state index in [9.17, 15) is 9.90 Å². The lowest BCUT2D eigenvalue weighted by molar-refractivity contribution is 0.0863. The van der Waals surface area contributed by atoms with Gasteiger partial charge in [-0.25, -0.2) is 0 Å². The first-order chi connectivity index (χ1) is 9.16. The van der Waals surface area contributed by atoms with Gasteiger partial charge in [0.1, 0.15) is 4.88 Å². The molecule has 1 aliphatic carbocycles. The molecule has 0 bridgehead atoms. The molecule has 0 saturated carbocycles. The Morgan fingerprint density at radius 2 is 2.16 bits per heavy atom. The summed E-state index contributed by atoms with van der Waals surface area (Å²) in [6.07, 6.45) is -0.0105. The van der Waals surface area contributed by atoms with Crippen molar-refractivity contribution in [3.8, 4) is 0 Å². The van der Waals surface area contributed by atoms with Crippen molar-refractivity contribution < 1.29 is 9.90 Å². The highest BCUT2D eigenvalue weighted by Gasteiger charge is 2.32. The van der Waals surface area contributed by atoms with Gasteiger partial charge in [-0.15, -0.1) is 11.3 Å². The molecule has 2 aromatic rings. The number of rotatable bonds is 2. The molecule has 98 valence electrons. The van der Waals surface area contributed by atoms with E-state index in [0.717, 1.165) is 11.1 Å². The standard InChI is InChI=1S/C14H14N2O2S/c15-10-5-6-19-13(10)14(18)16-12-9-4-2-1-3-8(9)7-11(12)17/h1-6,11-12,17H,7,15H2,(H,16,18)/t11-,12+/m0/s1. The molecule has 0 radical (unpaired) electrons. The van der Waals surface area contributed by atoms with E-state index in [1.165, 1.54) is 11.3 Å². The summed E-state index contributed by atoms with van der Waals surface area (Å²) in [6, 6.07) is 9.12. The first kappa shape index (κ1) is 12.2. The van der Waals surface area contributed by atoms with Gasteiger partial charge in [0, 0.05) is 6.42 Å². The van der Waals surface area contributed by atoms with Gasteiger partial charge in [0.05, 0.1) is 17.8 Å². The number of aliphatic hydroxyl groups is 1. The molecule has 19 heavy (non-hydrogen) atoms. The predicted molar refractivity (Wildman–Crippen MR) is 75.1 cm³/mol. The van der Waals surface area contributed by atoms with Gasteiger partial charge in [0.2, 0.25) is 0 Å². The average molecular weight is 274 g/mol. The highest BCUT2D eigenvalue weighted by atomic mass is 32.1. The lowest BCUT2D eigenvalue weighted by atomic mass is 10.1. The first-order valence-electron chi connectivity index (χ1n) is 6.06. The molecule has 0 spiro atoms. The molecule has 5 heteroatoms. The van der Waals surface area contributed by atoms with Crippen molar-refractivity contribution in [3.05, 3.63) is 51.7 Å². The van der Waals surface area contributed by atoms with Crippen LogP contribution in [0.2, 0.25) is 0 Å². The quantitative estimate of drug-likeness (QED) is 0.780. The number of hydrogen-bond donors (Lipinski definition) is 3. The SMILES string of the molecule is Nc1ccsc1C(=O)N[C@@H]1c2ccccc2C[C@@H]1O. The van der Waals surface area contributed by atoms with Gasteiger partial charge in [-0.1, -0.05) is 24.3 Å². The molecular weight excluding hydrogens is 260 g/mol. The number of amides is 1. The van der Waals surface area contributed by atoms with Crippen molar-refractivity contribution in [2.75, 3.05) is 5.73 Å². The monoisotopic (exact) mass is 274 g/mol. The number of fused-ring (bicyclic) bond motifs is 1. The summed E-state index contributed by atoms with van der Waals surface area (Å²) in [6.45, 7) is 0. The Morgan fingerprint density at radius 1 is 1.37 bits per heavy atom. The van der Waals surface area contributed by atoms with Crippen LogP contribution in [0.25, 0.3) is 0 Å². The van der Waals surface area contributed by atoms with E-state index in [-0.39, 0.29) is 11.9 Å². The smallest absolute Gasteiger partial charge is 0.264 e. The number of carbonyl (C=O) groups excluding carboxylic acids is 1. The number of hydrogen-bond acceptors (Lipinski definition) is 4. The van der Waals surface area contributed by atoms with Crippen LogP contribution in [0.3, 0.4) is 0 Å². The van der Waals surface area contributed by atoms with Crippen molar-refractivity contribution in [1.82, 2.24) is 5.32 Å². The maximum Gasteiger partial charge on any atom is 0.264 e. The first-order valence-corrected chi connectivity index (χ1v) is 6.94. The van der Waals surface area contributed by atoms with E-state index in [1.54, 1.807) is 11.4 Å². The minimum absolute atomic E-state index is 0.228. The molecule has 2 atom stereocenters. The third kappa shape index (κ3) is 2.11. The molecule has 4 nitrogen and oxygen atoms in total. The molecule has 0 fully saturated rings. The third-order valence-electron chi connectivity index (χ3n) is 3.39. The van der Waals surface area contributed by atoms with Gasteiger partial charge in [-0.3, -0.25) is 4.79 Å². The number of aliphatic hydroxyl groups excluding tert-OH is 1. The van der Waals surface area contributed by atoms with Crippen molar-refractivity contribution in [2.24, 2.45) is 0 Å². The molecule has 1 aromatic carbocycles. The van der Waals surface area contributed by atoms with Crippen LogP contribution < -0.4 is 11.1 Å². The Morgan fingerprint density at radius 3 is 2.89 bits per heavy atom. The molecule has 3 rings (SSSR count). The largest absolute Gasteiger partial charge is 0.397 e. The third-order valence-corrected chi connectivity index (χ3v) is 4.32. The Labute approximate surface area is 114 Å². The fraction of sp³-hybridized carbons (Fsp3) is 0.214. The fourth-order valence-electron chi connectivity index (χ4n) is 2.46. The molecule has 0 saturated heterocycles. The Balaban J connectivity index is 1.84. The maximum absolute atomic E-state index is 12.1. The van der Waals surface area contributed by atoms with E-state index in [2.05, 4.69) is 5.32 Å². The number of nitrogens with one attached hydrogen (secondary N) is 1. The Kier molecular flexibility index (Phi) is 3.00. The van der Waals surface area contributed by atoms with Crippen molar-refractivity contribution in [2.45, 2.75) is 18.6 Å². The van der Waals surface area contributed by atoms with Crippen molar-refractivity contribution in [3.63, 3.8) is 0 Å². The van der Waals surface area contributed by atoms with Gasteiger partial charge < -0.3 is 16.2 Å². The summed E-state index contributed by atoms with van der Waals surface area (Å²) >= 11 is 1.30. The zero-order valence-corrected chi connectivity index (χ0v) is 11.0. The Bertz CT molecular complexity index is 623. The van der Waals surface area contributed by atoms with Gasteiger partial charge in [0.15, 0.2) is 0 Å². The number of carbonyl (C=O) groups is 1. The van der Waals surface area contributed by atoms with E-state index in [1.807, 2.05) is 24.3 Å². The molecule has 1 amide bonds. The number of nitrogens with two attached hydrogens (primary N) is 1.